The van der Waals surface area contributed by atoms with Gasteiger partial charge in [0.25, 0.3) is 0 Å². The number of thiophene rings is 1. The molecular weight excluding hydrogens is 248 g/mol. The second kappa shape index (κ2) is 5.42. The first-order chi connectivity index (χ1) is 8.67. The minimum atomic E-state index is -0.686. The van der Waals surface area contributed by atoms with Crippen LogP contribution in [0.3, 0.4) is 0 Å². The second-order valence-corrected chi connectivity index (χ2v) is 5.25. The third kappa shape index (κ3) is 2.35. The van der Waals surface area contributed by atoms with E-state index >= 15 is 0 Å². The van der Waals surface area contributed by atoms with Crippen molar-refractivity contribution in [2.24, 2.45) is 0 Å². The van der Waals surface area contributed by atoms with Crippen molar-refractivity contribution >= 4 is 11.3 Å². The van der Waals surface area contributed by atoms with Crippen molar-refractivity contribution in [3.05, 3.63) is 45.6 Å². The van der Waals surface area contributed by atoms with E-state index in [1.165, 1.54) is 4.88 Å². The van der Waals surface area contributed by atoms with Crippen molar-refractivity contribution in [1.82, 2.24) is 0 Å². The number of hydrogen-bond donors (Lipinski definition) is 1. The summed E-state index contributed by atoms with van der Waals surface area (Å²) in [5.41, 5.74) is 0.721. The van der Waals surface area contributed by atoms with Crippen molar-refractivity contribution in [2.45, 2.75) is 13.0 Å². The summed E-state index contributed by atoms with van der Waals surface area (Å²) in [6.45, 7) is 2.02. The Labute approximate surface area is 111 Å². The van der Waals surface area contributed by atoms with E-state index in [0.717, 1.165) is 10.4 Å². The molecule has 1 aromatic carbocycles. The normalized spacial score (nSPS) is 12.2. The second-order valence-electron chi connectivity index (χ2n) is 3.93. The fraction of sp³-hybridized carbons (Fsp3) is 0.286. The summed E-state index contributed by atoms with van der Waals surface area (Å²) in [5, 5.41) is 10.4. The molecule has 0 bridgehead atoms. The molecule has 2 rings (SSSR count). The first kappa shape index (κ1) is 12.9. The van der Waals surface area contributed by atoms with Crippen LogP contribution in [0.2, 0.25) is 0 Å². The van der Waals surface area contributed by atoms with Crippen LogP contribution in [0.15, 0.2) is 30.3 Å². The van der Waals surface area contributed by atoms with Gasteiger partial charge in [-0.3, -0.25) is 0 Å². The summed E-state index contributed by atoms with van der Waals surface area (Å²) in [5.74, 6) is 1.21. The van der Waals surface area contributed by atoms with Crippen molar-refractivity contribution < 1.29 is 14.6 Å². The lowest BCUT2D eigenvalue weighted by atomic mass is 10.1. The Morgan fingerprint density at radius 2 is 1.89 bits per heavy atom. The van der Waals surface area contributed by atoms with Gasteiger partial charge < -0.3 is 14.6 Å². The van der Waals surface area contributed by atoms with Gasteiger partial charge in [0.15, 0.2) is 11.5 Å². The molecule has 1 aromatic heterocycles. The molecule has 18 heavy (non-hydrogen) atoms. The minimum absolute atomic E-state index is 0.582. The zero-order valence-corrected chi connectivity index (χ0v) is 11.5. The van der Waals surface area contributed by atoms with Crippen molar-refractivity contribution in [2.75, 3.05) is 14.2 Å². The monoisotopic (exact) mass is 264 g/mol. The van der Waals surface area contributed by atoms with Crippen LogP contribution >= 0.6 is 11.3 Å². The molecule has 0 aliphatic heterocycles. The highest BCUT2D eigenvalue weighted by molar-refractivity contribution is 7.12. The zero-order valence-electron chi connectivity index (χ0n) is 10.6. The average molecular weight is 264 g/mol. The topological polar surface area (TPSA) is 38.7 Å². The molecular formula is C14H16O3S. The number of methoxy groups -OCH3 is 2. The van der Waals surface area contributed by atoms with E-state index in [2.05, 4.69) is 0 Å². The van der Waals surface area contributed by atoms with Crippen molar-refractivity contribution in [1.29, 1.82) is 0 Å². The van der Waals surface area contributed by atoms with E-state index in [0.29, 0.717) is 11.5 Å². The molecule has 0 radical (unpaired) electrons. The molecule has 0 spiro atoms. The Hall–Kier alpha value is -1.52. The maximum atomic E-state index is 10.4. The van der Waals surface area contributed by atoms with Crippen LogP contribution in [0.4, 0.5) is 0 Å². The highest BCUT2D eigenvalue weighted by atomic mass is 32.1. The molecule has 1 heterocycles. The first-order valence-corrected chi connectivity index (χ1v) is 6.44. The Bertz CT molecular complexity index is 534. The highest BCUT2D eigenvalue weighted by Crippen LogP contribution is 2.38. The van der Waals surface area contributed by atoms with Gasteiger partial charge in [-0.15, -0.1) is 11.3 Å². The minimum Gasteiger partial charge on any atom is -0.493 e. The summed E-state index contributed by atoms with van der Waals surface area (Å²) >= 11 is 1.58. The fourth-order valence-corrected chi connectivity index (χ4v) is 2.76. The van der Waals surface area contributed by atoms with E-state index in [9.17, 15) is 5.11 Å². The number of benzene rings is 1. The third-order valence-electron chi connectivity index (χ3n) is 2.76. The molecule has 96 valence electrons. The van der Waals surface area contributed by atoms with Gasteiger partial charge in [0.1, 0.15) is 6.10 Å². The largest absolute Gasteiger partial charge is 0.493 e. The molecule has 4 heteroatoms. The van der Waals surface area contributed by atoms with Crippen LogP contribution in [0.5, 0.6) is 11.5 Å². The van der Waals surface area contributed by atoms with Crippen molar-refractivity contribution in [3.8, 4) is 11.5 Å². The van der Waals surface area contributed by atoms with Gasteiger partial charge in [0.05, 0.1) is 14.2 Å². The molecule has 0 saturated heterocycles. The third-order valence-corrected chi connectivity index (χ3v) is 3.81. The van der Waals surface area contributed by atoms with Gasteiger partial charge in [-0.05, 0) is 25.1 Å². The van der Waals surface area contributed by atoms with Gasteiger partial charge in [-0.1, -0.05) is 12.1 Å². The Balaban J connectivity index is 2.44. The van der Waals surface area contributed by atoms with Crippen LogP contribution in [0.1, 0.15) is 21.4 Å². The van der Waals surface area contributed by atoms with Gasteiger partial charge in [-0.25, -0.2) is 0 Å². The number of para-hydroxylation sites is 1. The number of aliphatic hydroxyl groups is 1. The summed E-state index contributed by atoms with van der Waals surface area (Å²) in [4.78, 5) is 2.07. The molecule has 0 amide bonds. The SMILES string of the molecule is COc1cccc(C(O)c2ccc(C)s2)c1OC. The Morgan fingerprint density at radius 3 is 2.44 bits per heavy atom. The van der Waals surface area contributed by atoms with E-state index in [-0.39, 0.29) is 0 Å². The average Bonchev–Trinajstić information content (AvgIpc) is 2.83. The van der Waals surface area contributed by atoms with Gasteiger partial charge in [0.2, 0.25) is 0 Å². The van der Waals surface area contributed by atoms with Crippen LogP contribution < -0.4 is 9.47 Å². The molecule has 0 aliphatic carbocycles. The quantitative estimate of drug-likeness (QED) is 0.922. The lowest BCUT2D eigenvalue weighted by Crippen LogP contribution is -2.02. The number of rotatable bonds is 4. The molecule has 3 nitrogen and oxygen atoms in total. The van der Waals surface area contributed by atoms with Crippen LogP contribution in [0.25, 0.3) is 0 Å². The van der Waals surface area contributed by atoms with Crippen molar-refractivity contribution in [3.63, 3.8) is 0 Å². The van der Waals surface area contributed by atoms with E-state index in [1.54, 1.807) is 25.6 Å². The lowest BCUT2D eigenvalue weighted by Gasteiger charge is -2.16. The fourth-order valence-electron chi connectivity index (χ4n) is 1.88. The number of aliphatic hydroxyl groups excluding tert-OH is 1. The predicted octanol–water partition coefficient (Wildman–Crippen LogP) is 3.16. The van der Waals surface area contributed by atoms with Crippen LogP contribution in [0, 0.1) is 6.92 Å². The molecule has 0 saturated carbocycles. The molecule has 1 atom stereocenters. The highest BCUT2D eigenvalue weighted by Gasteiger charge is 2.19. The molecule has 0 aliphatic rings. The number of aryl methyl sites for hydroxylation is 1. The Kier molecular flexibility index (Phi) is 3.89. The molecule has 0 fully saturated rings. The predicted molar refractivity (Wildman–Crippen MR) is 72.7 cm³/mol. The maximum absolute atomic E-state index is 10.4. The Morgan fingerprint density at radius 1 is 1.11 bits per heavy atom. The summed E-state index contributed by atoms with van der Waals surface area (Å²) in [7, 11) is 3.16. The van der Waals surface area contributed by atoms with Gasteiger partial charge in [-0.2, -0.15) is 0 Å². The van der Waals surface area contributed by atoms with Gasteiger partial charge >= 0.3 is 0 Å². The lowest BCUT2D eigenvalue weighted by molar-refractivity contribution is 0.216. The molecule has 1 N–H and O–H groups in total. The molecule has 1 unspecified atom stereocenters. The molecule has 2 aromatic rings. The van der Waals surface area contributed by atoms with Crippen LogP contribution in [-0.2, 0) is 0 Å². The number of ether oxygens (including phenoxy) is 2. The number of hydrogen-bond acceptors (Lipinski definition) is 4. The standard InChI is InChI=1S/C14H16O3S/c1-9-7-8-12(18-9)13(15)10-5-4-6-11(16-2)14(10)17-3/h4-8,13,15H,1-3H3. The maximum Gasteiger partial charge on any atom is 0.166 e. The smallest absolute Gasteiger partial charge is 0.166 e. The van der Waals surface area contributed by atoms with E-state index < -0.39 is 6.10 Å². The van der Waals surface area contributed by atoms with E-state index in [1.807, 2.05) is 37.3 Å². The zero-order chi connectivity index (χ0) is 13.1. The summed E-state index contributed by atoms with van der Waals surface area (Å²) in [6.07, 6.45) is -0.686. The summed E-state index contributed by atoms with van der Waals surface area (Å²) in [6, 6.07) is 9.44. The van der Waals surface area contributed by atoms with Gasteiger partial charge in [0, 0.05) is 15.3 Å². The summed E-state index contributed by atoms with van der Waals surface area (Å²) < 4.78 is 10.6. The first-order valence-electron chi connectivity index (χ1n) is 5.62. The van der Waals surface area contributed by atoms with E-state index in [4.69, 9.17) is 9.47 Å². The van der Waals surface area contributed by atoms with Crippen LogP contribution in [-0.4, -0.2) is 19.3 Å².